The van der Waals surface area contributed by atoms with Gasteiger partial charge in [-0.05, 0) is 48.7 Å². The number of carbonyl (C=O) groups is 1. The van der Waals surface area contributed by atoms with Crippen LogP contribution in [0.5, 0.6) is 5.75 Å². The molecule has 0 heterocycles. The summed E-state index contributed by atoms with van der Waals surface area (Å²) in [6.07, 6.45) is -0.0169. The minimum Gasteiger partial charge on any atom is -0.495 e. The molecule has 0 bridgehead atoms. The highest BCUT2D eigenvalue weighted by Crippen LogP contribution is 2.25. The van der Waals surface area contributed by atoms with Gasteiger partial charge >= 0.3 is 0 Å². The Labute approximate surface area is 185 Å². The van der Waals surface area contributed by atoms with Crippen molar-refractivity contribution < 1.29 is 26.7 Å². The molecule has 0 aliphatic rings. The largest absolute Gasteiger partial charge is 0.495 e. The summed E-state index contributed by atoms with van der Waals surface area (Å²) in [5.74, 6) is -2.32. The van der Waals surface area contributed by atoms with Gasteiger partial charge in [0.2, 0.25) is 15.9 Å². The molecule has 0 spiro atoms. The molecule has 0 radical (unpaired) electrons. The van der Waals surface area contributed by atoms with Crippen LogP contribution >= 0.6 is 0 Å². The van der Waals surface area contributed by atoms with Gasteiger partial charge in [-0.2, -0.15) is 4.72 Å². The zero-order valence-electron chi connectivity index (χ0n) is 17.4. The van der Waals surface area contributed by atoms with Gasteiger partial charge in [0, 0.05) is 6.07 Å². The molecule has 2 N–H and O–H groups in total. The van der Waals surface area contributed by atoms with E-state index in [-0.39, 0.29) is 22.8 Å². The maximum Gasteiger partial charge on any atom is 0.245 e. The van der Waals surface area contributed by atoms with E-state index in [9.17, 15) is 22.0 Å². The number of hydrogen-bond donors (Lipinski definition) is 2. The van der Waals surface area contributed by atoms with Gasteiger partial charge < -0.3 is 10.1 Å². The number of benzene rings is 3. The molecule has 1 atom stereocenters. The van der Waals surface area contributed by atoms with Crippen molar-refractivity contribution in [3.05, 3.63) is 89.5 Å². The lowest BCUT2D eigenvalue weighted by molar-refractivity contribution is -0.117. The van der Waals surface area contributed by atoms with E-state index in [1.54, 1.807) is 43.3 Å². The molecule has 0 fully saturated rings. The van der Waals surface area contributed by atoms with Crippen molar-refractivity contribution in [1.29, 1.82) is 0 Å². The molecule has 9 heteroatoms. The van der Waals surface area contributed by atoms with Crippen molar-refractivity contribution in [1.82, 2.24) is 4.72 Å². The Morgan fingerprint density at radius 1 is 1.03 bits per heavy atom. The molecule has 3 aromatic carbocycles. The van der Waals surface area contributed by atoms with E-state index < -0.39 is 33.6 Å². The molecule has 3 rings (SSSR count). The maximum absolute atomic E-state index is 14.0. The highest BCUT2D eigenvalue weighted by molar-refractivity contribution is 7.89. The van der Waals surface area contributed by atoms with Crippen molar-refractivity contribution in [2.24, 2.45) is 0 Å². The number of nitrogens with one attached hydrogen (secondary N) is 2. The number of aryl methyl sites for hydroxylation is 1. The van der Waals surface area contributed by atoms with Gasteiger partial charge in [-0.25, -0.2) is 17.2 Å². The molecule has 0 aromatic heterocycles. The number of rotatable bonds is 8. The smallest absolute Gasteiger partial charge is 0.245 e. The molecule has 1 amide bonds. The van der Waals surface area contributed by atoms with Crippen LogP contribution in [0.2, 0.25) is 0 Å². The van der Waals surface area contributed by atoms with Crippen molar-refractivity contribution >= 4 is 21.6 Å². The summed E-state index contributed by atoms with van der Waals surface area (Å²) in [4.78, 5) is 12.8. The molecule has 0 aliphatic carbocycles. The lowest BCUT2D eigenvalue weighted by atomic mass is 10.1. The van der Waals surface area contributed by atoms with Gasteiger partial charge in [-0.3, -0.25) is 4.79 Å². The number of carbonyl (C=O) groups excluding carboxylic acids is 1. The molecule has 32 heavy (non-hydrogen) atoms. The second-order valence-corrected chi connectivity index (χ2v) is 8.81. The highest BCUT2D eigenvalue weighted by Gasteiger charge is 2.29. The fourth-order valence-corrected chi connectivity index (χ4v) is 4.54. The second-order valence-electron chi connectivity index (χ2n) is 7.13. The maximum atomic E-state index is 14.0. The lowest BCUT2D eigenvalue weighted by Crippen LogP contribution is -2.45. The lowest BCUT2D eigenvalue weighted by Gasteiger charge is -2.20. The predicted octanol–water partition coefficient (Wildman–Crippen LogP) is 3.81. The third kappa shape index (κ3) is 5.68. The Kier molecular flexibility index (Phi) is 7.22. The summed E-state index contributed by atoms with van der Waals surface area (Å²) in [6.45, 7) is 1.72. The van der Waals surface area contributed by atoms with Crippen molar-refractivity contribution in [2.75, 3.05) is 12.4 Å². The minimum atomic E-state index is -4.20. The first-order valence-corrected chi connectivity index (χ1v) is 11.1. The second kappa shape index (κ2) is 9.88. The number of ether oxygens (including phenoxy) is 1. The summed E-state index contributed by atoms with van der Waals surface area (Å²) in [7, 11) is -2.87. The van der Waals surface area contributed by atoms with Crippen LogP contribution in [0.25, 0.3) is 0 Å². The van der Waals surface area contributed by atoms with E-state index in [1.807, 2.05) is 0 Å². The number of sulfonamides is 1. The molecule has 0 aliphatic heterocycles. The topological polar surface area (TPSA) is 84.5 Å². The van der Waals surface area contributed by atoms with E-state index in [0.717, 1.165) is 18.2 Å². The molecule has 0 saturated heterocycles. The first kappa shape index (κ1) is 23.4. The Bertz CT molecular complexity index is 1220. The molecule has 6 nitrogen and oxygen atoms in total. The fourth-order valence-electron chi connectivity index (χ4n) is 3.10. The van der Waals surface area contributed by atoms with Crippen LogP contribution in [0, 0.1) is 18.6 Å². The summed E-state index contributed by atoms with van der Waals surface area (Å²) in [6, 6.07) is 14.7. The van der Waals surface area contributed by atoms with Gasteiger partial charge in [-0.1, -0.05) is 36.4 Å². The van der Waals surface area contributed by atoms with E-state index >= 15 is 0 Å². The average Bonchev–Trinajstić information content (AvgIpc) is 2.76. The summed E-state index contributed by atoms with van der Waals surface area (Å²) < 4.78 is 61.4. The van der Waals surface area contributed by atoms with Crippen LogP contribution in [0.15, 0.2) is 71.6 Å². The average molecular weight is 461 g/mol. The standard InChI is InChI=1S/C23H22F2N2O4S/c1-15-8-11-21(31-2)22(12-15)32(29,30)27-20(13-16-6-4-3-5-7-16)23(28)26-19-14-17(24)9-10-18(19)25/h3-12,14,20,27H,13H2,1-2H3,(H,26,28). The normalized spacial score (nSPS) is 12.2. The van der Waals surface area contributed by atoms with Gasteiger partial charge in [0.25, 0.3) is 0 Å². The van der Waals surface area contributed by atoms with Crippen LogP contribution in [0.4, 0.5) is 14.5 Å². The quantitative estimate of drug-likeness (QED) is 0.536. The number of anilines is 1. The molecule has 0 saturated carbocycles. The Morgan fingerprint density at radius 3 is 2.44 bits per heavy atom. The van der Waals surface area contributed by atoms with Crippen LogP contribution < -0.4 is 14.8 Å². The van der Waals surface area contributed by atoms with E-state index in [4.69, 9.17) is 4.74 Å². The number of halogens is 2. The van der Waals surface area contributed by atoms with Gasteiger partial charge in [0.05, 0.1) is 12.8 Å². The molecular formula is C23H22F2N2O4S. The first-order chi connectivity index (χ1) is 15.2. The Morgan fingerprint density at radius 2 is 1.75 bits per heavy atom. The van der Waals surface area contributed by atoms with E-state index in [1.165, 1.54) is 19.2 Å². The number of hydrogen-bond acceptors (Lipinski definition) is 4. The van der Waals surface area contributed by atoms with E-state index in [0.29, 0.717) is 11.1 Å². The Hall–Kier alpha value is -3.30. The highest BCUT2D eigenvalue weighted by atomic mass is 32.2. The fraction of sp³-hybridized carbons (Fsp3) is 0.174. The van der Waals surface area contributed by atoms with Crippen molar-refractivity contribution in [3.63, 3.8) is 0 Å². The van der Waals surface area contributed by atoms with Crippen molar-refractivity contribution in [2.45, 2.75) is 24.3 Å². The summed E-state index contributed by atoms with van der Waals surface area (Å²) >= 11 is 0. The third-order valence-electron chi connectivity index (χ3n) is 4.69. The molecule has 168 valence electrons. The third-order valence-corrected chi connectivity index (χ3v) is 6.18. The first-order valence-electron chi connectivity index (χ1n) is 9.66. The number of amides is 1. The molecule has 1 unspecified atom stereocenters. The predicted molar refractivity (Wildman–Crippen MR) is 117 cm³/mol. The zero-order chi connectivity index (χ0) is 23.3. The molecule has 3 aromatic rings. The van der Waals surface area contributed by atoms with Gasteiger partial charge in [-0.15, -0.1) is 0 Å². The van der Waals surface area contributed by atoms with Crippen LogP contribution in [-0.2, 0) is 21.2 Å². The van der Waals surface area contributed by atoms with Gasteiger partial charge in [0.1, 0.15) is 28.3 Å². The van der Waals surface area contributed by atoms with Crippen LogP contribution in [0.3, 0.4) is 0 Å². The van der Waals surface area contributed by atoms with Gasteiger partial charge in [0.15, 0.2) is 0 Å². The SMILES string of the molecule is COc1ccc(C)cc1S(=O)(=O)NC(Cc1ccccc1)C(=O)Nc1cc(F)ccc1F. The van der Waals surface area contributed by atoms with Crippen LogP contribution in [0.1, 0.15) is 11.1 Å². The van der Waals surface area contributed by atoms with Crippen molar-refractivity contribution in [3.8, 4) is 5.75 Å². The van der Waals surface area contributed by atoms with Crippen LogP contribution in [-0.4, -0.2) is 27.5 Å². The summed E-state index contributed by atoms with van der Waals surface area (Å²) in [5.41, 5.74) is 0.962. The molecular weight excluding hydrogens is 438 g/mol. The van der Waals surface area contributed by atoms with E-state index in [2.05, 4.69) is 10.0 Å². The Balaban J connectivity index is 1.95. The zero-order valence-corrected chi connectivity index (χ0v) is 18.2. The minimum absolute atomic E-state index is 0.0169. The monoisotopic (exact) mass is 460 g/mol. The summed E-state index contributed by atoms with van der Waals surface area (Å²) in [5, 5.41) is 2.27. The number of methoxy groups -OCH3 is 1.